The molecule has 7 heteroatoms. The van der Waals surface area contributed by atoms with Crippen LogP contribution in [0.3, 0.4) is 0 Å². The van der Waals surface area contributed by atoms with Gasteiger partial charge in [0.05, 0.1) is 16.7 Å². The van der Waals surface area contributed by atoms with Crippen LogP contribution in [-0.2, 0) is 6.18 Å². The SMILES string of the molecule is Oc1ccc2ccccc2c1-c1nnc(-c2ccccc2C(F)(F)F)o1. The summed E-state index contributed by atoms with van der Waals surface area (Å²) < 4.78 is 45.1. The van der Waals surface area contributed by atoms with Crippen LogP contribution >= 0.6 is 0 Å². The van der Waals surface area contributed by atoms with E-state index in [2.05, 4.69) is 10.2 Å². The molecule has 0 saturated heterocycles. The zero-order valence-corrected chi connectivity index (χ0v) is 13.2. The maximum Gasteiger partial charge on any atom is 0.417 e. The van der Waals surface area contributed by atoms with Crippen molar-refractivity contribution >= 4 is 10.8 Å². The van der Waals surface area contributed by atoms with Gasteiger partial charge < -0.3 is 9.52 Å². The molecule has 0 atom stereocenters. The van der Waals surface area contributed by atoms with Gasteiger partial charge in [0, 0.05) is 0 Å². The number of rotatable bonds is 2. The summed E-state index contributed by atoms with van der Waals surface area (Å²) in [5, 5.41) is 19.3. The summed E-state index contributed by atoms with van der Waals surface area (Å²) in [5.74, 6) is -0.408. The van der Waals surface area contributed by atoms with E-state index in [0.29, 0.717) is 5.39 Å². The lowest BCUT2D eigenvalue weighted by Crippen LogP contribution is -2.06. The molecule has 0 saturated carbocycles. The number of aromatic nitrogens is 2. The predicted molar refractivity (Wildman–Crippen MR) is 89.3 cm³/mol. The molecule has 0 aliphatic heterocycles. The van der Waals surface area contributed by atoms with Crippen LogP contribution in [0.2, 0.25) is 0 Å². The van der Waals surface area contributed by atoms with Crippen molar-refractivity contribution in [3.05, 3.63) is 66.2 Å². The third kappa shape index (κ3) is 2.67. The fourth-order valence-corrected chi connectivity index (χ4v) is 2.83. The van der Waals surface area contributed by atoms with E-state index in [1.807, 2.05) is 12.1 Å². The Balaban J connectivity index is 1.88. The molecule has 0 aliphatic carbocycles. The first-order chi connectivity index (χ1) is 12.4. The normalized spacial score (nSPS) is 11.8. The number of halogens is 3. The van der Waals surface area contributed by atoms with Gasteiger partial charge in [-0.05, 0) is 29.0 Å². The molecule has 0 bridgehead atoms. The largest absolute Gasteiger partial charge is 0.507 e. The van der Waals surface area contributed by atoms with Crippen LogP contribution in [0, 0.1) is 0 Å². The molecule has 0 amide bonds. The Morgan fingerprint density at radius 2 is 1.50 bits per heavy atom. The quantitative estimate of drug-likeness (QED) is 0.531. The summed E-state index contributed by atoms with van der Waals surface area (Å²) in [7, 11) is 0. The van der Waals surface area contributed by atoms with Gasteiger partial charge in [-0.2, -0.15) is 13.2 Å². The van der Waals surface area contributed by atoms with Gasteiger partial charge in [-0.1, -0.05) is 42.5 Å². The highest BCUT2D eigenvalue weighted by atomic mass is 19.4. The highest BCUT2D eigenvalue weighted by Crippen LogP contribution is 2.39. The van der Waals surface area contributed by atoms with E-state index in [0.717, 1.165) is 11.5 Å². The minimum absolute atomic E-state index is 0.0497. The van der Waals surface area contributed by atoms with Crippen LogP contribution in [0.15, 0.2) is 65.1 Å². The fourth-order valence-electron chi connectivity index (χ4n) is 2.83. The summed E-state index contributed by atoms with van der Waals surface area (Å²) in [5.41, 5.74) is -0.790. The molecule has 4 nitrogen and oxygen atoms in total. The van der Waals surface area contributed by atoms with Crippen molar-refractivity contribution in [1.29, 1.82) is 0 Å². The van der Waals surface area contributed by atoms with E-state index >= 15 is 0 Å². The maximum atomic E-state index is 13.2. The Hall–Kier alpha value is -3.35. The first-order valence-electron chi connectivity index (χ1n) is 7.66. The second-order valence-electron chi connectivity index (χ2n) is 5.64. The molecule has 1 N–H and O–H groups in total. The molecule has 1 heterocycles. The molecule has 0 radical (unpaired) electrons. The van der Waals surface area contributed by atoms with Gasteiger partial charge in [0.15, 0.2) is 0 Å². The van der Waals surface area contributed by atoms with Crippen LogP contribution in [0.5, 0.6) is 5.75 Å². The van der Waals surface area contributed by atoms with Crippen molar-refractivity contribution < 1.29 is 22.7 Å². The van der Waals surface area contributed by atoms with Crippen LogP contribution in [-0.4, -0.2) is 15.3 Å². The molecule has 26 heavy (non-hydrogen) atoms. The minimum atomic E-state index is -4.55. The van der Waals surface area contributed by atoms with Crippen molar-refractivity contribution in [2.24, 2.45) is 0 Å². The summed E-state index contributed by atoms with van der Waals surface area (Å²) in [6.07, 6.45) is -4.55. The number of alkyl halides is 3. The Morgan fingerprint density at radius 3 is 2.31 bits per heavy atom. The smallest absolute Gasteiger partial charge is 0.417 e. The predicted octanol–water partition coefficient (Wildman–Crippen LogP) is 5.28. The van der Waals surface area contributed by atoms with E-state index in [4.69, 9.17) is 4.42 Å². The monoisotopic (exact) mass is 356 g/mol. The van der Waals surface area contributed by atoms with Crippen molar-refractivity contribution in [2.45, 2.75) is 6.18 Å². The standard InChI is InChI=1S/C19H11F3N2O2/c20-19(21,22)14-8-4-3-7-13(14)17-23-24-18(26-17)16-12-6-2-1-5-11(12)9-10-15(16)25/h1-10,25H. The van der Waals surface area contributed by atoms with Crippen LogP contribution in [0.25, 0.3) is 33.7 Å². The number of phenolic OH excluding ortho intramolecular Hbond substituents is 1. The number of fused-ring (bicyclic) bond motifs is 1. The van der Waals surface area contributed by atoms with Gasteiger partial charge in [-0.15, -0.1) is 10.2 Å². The first kappa shape index (κ1) is 16.1. The van der Waals surface area contributed by atoms with E-state index in [9.17, 15) is 18.3 Å². The van der Waals surface area contributed by atoms with E-state index in [1.165, 1.54) is 24.3 Å². The van der Waals surface area contributed by atoms with Gasteiger partial charge in [-0.25, -0.2) is 0 Å². The highest BCUT2D eigenvalue weighted by Gasteiger charge is 2.34. The van der Waals surface area contributed by atoms with Crippen molar-refractivity contribution in [3.63, 3.8) is 0 Å². The van der Waals surface area contributed by atoms with E-state index in [1.54, 1.807) is 18.2 Å². The average molecular weight is 356 g/mol. The summed E-state index contributed by atoms with van der Waals surface area (Å²) in [6, 6.07) is 15.4. The first-order valence-corrected chi connectivity index (χ1v) is 7.66. The van der Waals surface area contributed by atoms with Crippen molar-refractivity contribution in [1.82, 2.24) is 10.2 Å². The summed E-state index contributed by atoms with van der Waals surface area (Å²) in [6.45, 7) is 0. The highest BCUT2D eigenvalue weighted by molar-refractivity contribution is 5.97. The Bertz CT molecular complexity index is 1100. The fraction of sp³-hybridized carbons (Fsp3) is 0.0526. The van der Waals surface area contributed by atoms with Gasteiger partial charge in [0.2, 0.25) is 5.89 Å². The zero-order valence-electron chi connectivity index (χ0n) is 13.2. The van der Waals surface area contributed by atoms with Gasteiger partial charge >= 0.3 is 6.18 Å². The molecular formula is C19H11F3N2O2. The zero-order chi connectivity index (χ0) is 18.3. The number of hydrogen-bond donors (Lipinski definition) is 1. The second-order valence-corrected chi connectivity index (χ2v) is 5.64. The molecule has 130 valence electrons. The molecule has 4 rings (SSSR count). The number of benzene rings is 3. The van der Waals surface area contributed by atoms with Gasteiger partial charge in [0.1, 0.15) is 5.75 Å². The number of hydrogen-bond acceptors (Lipinski definition) is 4. The van der Waals surface area contributed by atoms with Crippen LogP contribution in [0.4, 0.5) is 13.2 Å². The van der Waals surface area contributed by atoms with Crippen LogP contribution < -0.4 is 0 Å². The van der Waals surface area contributed by atoms with Crippen molar-refractivity contribution in [3.8, 4) is 28.7 Å². The minimum Gasteiger partial charge on any atom is -0.507 e. The third-order valence-corrected chi connectivity index (χ3v) is 4.01. The van der Waals surface area contributed by atoms with Gasteiger partial charge in [0.25, 0.3) is 5.89 Å². The van der Waals surface area contributed by atoms with E-state index in [-0.39, 0.29) is 28.7 Å². The van der Waals surface area contributed by atoms with Crippen LogP contribution in [0.1, 0.15) is 5.56 Å². The second kappa shape index (κ2) is 5.87. The molecule has 0 spiro atoms. The topological polar surface area (TPSA) is 59.2 Å². The lowest BCUT2D eigenvalue weighted by atomic mass is 10.0. The van der Waals surface area contributed by atoms with Crippen molar-refractivity contribution in [2.75, 3.05) is 0 Å². The Labute approximate surface area is 145 Å². The van der Waals surface area contributed by atoms with Gasteiger partial charge in [-0.3, -0.25) is 0 Å². The average Bonchev–Trinajstić information content (AvgIpc) is 3.10. The molecule has 0 aliphatic rings. The third-order valence-electron chi connectivity index (χ3n) is 4.01. The van der Waals surface area contributed by atoms with E-state index < -0.39 is 11.7 Å². The molecular weight excluding hydrogens is 345 g/mol. The molecule has 0 unspecified atom stereocenters. The Morgan fingerprint density at radius 1 is 0.808 bits per heavy atom. The lowest BCUT2D eigenvalue weighted by Gasteiger charge is -2.09. The molecule has 1 aromatic heterocycles. The maximum absolute atomic E-state index is 13.2. The number of phenols is 1. The molecule has 0 fully saturated rings. The molecule has 4 aromatic rings. The number of aromatic hydroxyl groups is 1. The summed E-state index contributed by atoms with van der Waals surface area (Å²) in [4.78, 5) is 0. The number of nitrogens with zero attached hydrogens (tertiary/aromatic N) is 2. The summed E-state index contributed by atoms with van der Waals surface area (Å²) >= 11 is 0. The molecule has 3 aromatic carbocycles. The Kier molecular flexibility index (Phi) is 3.64. The lowest BCUT2D eigenvalue weighted by molar-refractivity contribution is -0.137.